The van der Waals surface area contributed by atoms with E-state index < -0.39 is 0 Å². The van der Waals surface area contributed by atoms with Gasteiger partial charge in [0.25, 0.3) is 0 Å². The number of thioether (sulfide) groups is 1. The molecule has 0 aromatic carbocycles. The Kier molecular flexibility index (Phi) is 3.52. The number of hydrogen-bond acceptors (Lipinski definition) is 3. The van der Waals surface area contributed by atoms with Crippen molar-refractivity contribution in [2.24, 2.45) is 0 Å². The second-order valence-corrected chi connectivity index (χ2v) is 5.17. The summed E-state index contributed by atoms with van der Waals surface area (Å²) in [7, 11) is 0. The SMILES string of the molecule is CC(NC1CSC1)C1CCCCO1. The van der Waals surface area contributed by atoms with Gasteiger partial charge in [-0.15, -0.1) is 0 Å². The fourth-order valence-electron chi connectivity index (χ4n) is 1.97. The molecule has 2 aliphatic heterocycles. The molecule has 2 heterocycles. The number of hydrogen-bond donors (Lipinski definition) is 1. The van der Waals surface area contributed by atoms with E-state index in [0.29, 0.717) is 12.1 Å². The quantitative estimate of drug-likeness (QED) is 0.750. The lowest BCUT2D eigenvalue weighted by atomic mass is 10.0. The first-order chi connectivity index (χ1) is 6.36. The summed E-state index contributed by atoms with van der Waals surface area (Å²) in [5.41, 5.74) is 0. The Hall–Kier alpha value is 0.270. The third-order valence-electron chi connectivity index (χ3n) is 2.91. The largest absolute Gasteiger partial charge is 0.377 e. The molecule has 2 atom stereocenters. The van der Waals surface area contributed by atoms with E-state index in [9.17, 15) is 0 Å². The normalized spacial score (nSPS) is 32.5. The summed E-state index contributed by atoms with van der Waals surface area (Å²) < 4.78 is 5.74. The molecular weight excluding hydrogens is 182 g/mol. The van der Waals surface area contributed by atoms with Crippen LogP contribution >= 0.6 is 11.8 Å². The summed E-state index contributed by atoms with van der Waals surface area (Å²) in [6, 6.07) is 1.30. The van der Waals surface area contributed by atoms with Gasteiger partial charge in [-0.05, 0) is 26.2 Å². The van der Waals surface area contributed by atoms with Crippen LogP contribution in [0.2, 0.25) is 0 Å². The molecule has 0 radical (unpaired) electrons. The highest BCUT2D eigenvalue weighted by atomic mass is 32.2. The van der Waals surface area contributed by atoms with Gasteiger partial charge in [-0.2, -0.15) is 11.8 Å². The maximum Gasteiger partial charge on any atom is 0.0725 e. The van der Waals surface area contributed by atoms with Crippen molar-refractivity contribution < 1.29 is 4.74 Å². The Morgan fingerprint density at radius 3 is 2.77 bits per heavy atom. The van der Waals surface area contributed by atoms with Gasteiger partial charge in [0.05, 0.1) is 6.10 Å². The molecule has 0 spiro atoms. The van der Waals surface area contributed by atoms with Crippen molar-refractivity contribution in [2.75, 3.05) is 18.1 Å². The van der Waals surface area contributed by atoms with E-state index in [4.69, 9.17) is 4.74 Å². The zero-order valence-corrected chi connectivity index (χ0v) is 9.11. The van der Waals surface area contributed by atoms with Crippen molar-refractivity contribution in [3.63, 3.8) is 0 Å². The zero-order valence-electron chi connectivity index (χ0n) is 8.29. The molecule has 0 aliphatic carbocycles. The highest BCUT2D eigenvalue weighted by molar-refractivity contribution is 8.00. The topological polar surface area (TPSA) is 21.3 Å². The van der Waals surface area contributed by atoms with Crippen LogP contribution in [0.3, 0.4) is 0 Å². The summed E-state index contributed by atoms with van der Waals surface area (Å²) in [5.74, 6) is 2.58. The number of ether oxygens (including phenoxy) is 1. The Morgan fingerprint density at radius 2 is 2.23 bits per heavy atom. The predicted molar refractivity (Wildman–Crippen MR) is 57.3 cm³/mol. The van der Waals surface area contributed by atoms with Gasteiger partial charge < -0.3 is 10.1 Å². The molecule has 2 rings (SSSR count). The maximum atomic E-state index is 5.74. The van der Waals surface area contributed by atoms with Crippen LogP contribution in [0.1, 0.15) is 26.2 Å². The first kappa shape index (κ1) is 9.81. The molecule has 13 heavy (non-hydrogen) atoms. The fraction of sp³-hybridized carbons (Fsp3) is 1.00. The summed E-state index contributed by atoms with van der Waals surface area (Å²) >= 11 is 2.03. The Morgan fingerprint density at radius 1 is 1.38 bits per heavy atom. The predicted octanol–water partition coefficient (Wildman–Crippen LogP) is 1.65. The van der Waals surface area contributed by atoms with E-state index in [1.54, 1.807) is 0 Å². The fourth-order valence-corrected chi connectivity index (χ4v) is 2.63. The van der Waals surface area contributed by atoms with Gasteiger partial charge in [0, 0.05) is 30.2 Å². The molecule has 3 heteroatoms. The van der Waals surface area contributed by atoms with E-state index in [-0.39, 0.29) is 0 Å². The standard InChI is InChI=1S/C10H19NOS/c1-8(11-9-6-13-7-9)10-4-2-3-5-12-10/h8-11H,2-7H2,1H3. The Bertz CT molecular complexity index is 155. The first-order valence-electron chi connectivity index (χ1n) is 5.31. The highest BCUT2D eigenvalue weighted by Crippen LogP contribution is 2.21. The van der Waals surface area contributed by atoms with E-state index in [2.05, 4.69) is 12.2 Å². The summed E-state index contributed by atoms with van der Waals surface area (Å²) in [6.07, 6.45) is 4.31. The van der Waals surface area contributed by atoms with Crippen molar-refractivity contribution in [3.05, 3.63) is 0 Å². The van der Waals surface area contributed by atoms with Crippen LogP contribution in [0.25, 0.3) is 0 Å². The molecule has 76 valence electrons. The van der Waals surface area contributed by atoms with Crippen LogP contribution < -0.4 is 5.32 Å². The number of nitrogens with one attached hydrogen (secondary N) is 1. The maximum absolute atomic E-state index is 5.74. The molecular formula is C10H19NOS. The molecule has 1 N–H and O–H groups in total. The van der Waals surface area contributed by atoms with Gasteiger partial charge in [0.2, 0.25) is 0 Å². The third-order valence-corrected chi connectivity index (χ3v) is 4.19. The highest BCUT2D eigenvalue weighted by Gasteiger charge is 2.25. The summed E-state index contributed by atoms with van der Waals surface area (Å²) in [6.45, 7) is 3.23. The molecule has 2 unspecified atom stereocenters. The molecule has 0 saturated carbocycles. The minimum Gasteiger partial charge on any atom is -0.377 e. The van der Waals surface area contributed by atoms with Crippen LogP contribution in [0.5, 0.6) is 0 Å². The van der Waals surface area contributed by atoms with Crippen LogP contribution in [0.4, 0.5) is 0 Å². The van der Waals surface area contributed by atoms with Gasteiger partial charge in [0.15, 0.2) is 0 Å². The lowest BCUT2D eigenvalue weighted by Gasteiger charge is -2.34. The van der Waals surface area contributed by atoms with Gasteiger partial charge in [-0.3, -0.25) is 0 Å². The van der Waals surface area contributed by atoms with Crippen LogP contribution in [-0.2, 0) is 4.74 Å². The molecule has 2 fully saturated rings. The van der Waals surface area contributed by atoms with Gasteiger partial charge in [-0.1, -0.05) is 0 Å². The van der Waals surface area contributed by atoms with Crippen molar-refractivity contribution in [3.8, 4) is 0 Å². The monoisotopic (exact) mass is 201 g/mol. The lowest BCUT2D eigenvalue weighted by molar-refractivity contribution is -0.00519. The first-order valence-corrected chi connectivity index (χ1v) is 6.47. The molecule has 0 bridgehead atoms. The summed E-state index contributed by atoms with van der Waals surface area (Å²) in [5, 5.41) is 3.64. The lowest BCUT2D eigenvalue weighted by Crippen LogP contribution is -2.50. The minimum absolute atomic E-state index is 0.472. The van der Waals surface area contributed by atoms with Crippen LogP contribution in [0.15, 0.2) is 0 Å². The van der Waals surface area contributed by atoms with Crippen LogP contribution in [0, 0.1) is 0 Å². The van der Waals surface area contributed by atoms with Crippen molar-refractivity contribution in [2.45, 2.75) is 44.4 Å². The van der Waals surface area contributed by atoms with Crippen LogP contribution in [-0.4, -0.2) is 36.3 Å². The van der Waals surface area contributed by atoms with Gasteiger partial charge in [-0.25, -0.2) is 0 Å². The van der Waals surface area contributed by atoms with E-state index in [0.717, 1.165) is 12.6 Å². The van der Waals surface area contributed by atoms with Crippen molar-refractivity contribution in [1.29, 1.82) is 0 Å². The molecule has 2 saturated heterocycles. The van der Waals surface area contributed by atoms with E-state index in [1.807, 2.05) is 11.8 Å². The van der Waals surface area contributed by atoms with E-state index >= 15 is 0 Å². The second-order valence-electron chi connectivity index (χ2n) is 4.09. The molecule has 2 aliphatic rings. The Labute approximate surface area is 84.8 Å². The van der Waals surface area contributed by atoms with E-state index in [1.165, 1.54) is 30.8 Å². The molecule has 0 amide bonds. The summed E-state index contributed by atoms with van der Waals surface area (Å²) in [4.78, 5) is 0. The smallest absolute Gasteiger partial charge is 0.0725 e. The van der Waals surface area contributed by atoms with Crippen molar-refractivity contribution >= 4 is 11.8 Å². The minimum atomic E-state index is 0.472. The Balaban J connectivity index is 1.70. The van der Waals surface area contributed by atoms with Gasteiger partial charge in [0.1, 0.15) is 0 Å². The molecule has 0 aromatic rings. The molecule has 2 nitrogen and oxygen atoms in total. The zero-order chi connectivity index (χ0) is 9.10. The second kappa shape index (κ2) is 4.67. The van der Waals surface area contributed by atoms with Crippen molar-refractivity contribution in [1.82, 2.24) is 5.32 Å². The van der Waals surface area contributed by atoms with Gasteiger partial charge >= 0.3 is 0 Å². The third kappa shape index (κ3) is 2.61. The number of rotatable bonds is 3. The average molecular weight is 201 g/mol. The molecule has 0 aromatic heterocycles. The average Bonchev–Trinajstić information content (AvgIpc) is 2.12.